The van der Waals surface area contributed by atoms with Gasteiger partial charge in [-0.3, -0.25) is 0 Å². The van der Waals surface area contributed by atoms with Crippen LogP contribution in [0.15, 0.2) is 24.3 Å². The lowest BCUT2D eigenvalue weighted by Crippen LogP contribution is -2.25. The van der Waals surface area contributed by atoms with Crippen molar-refractivity contribution in [3.8, 4) is 0 Å². The molecule has 1 aromatic rings. The average molecular weight is 182 g/mol. The van der Waals surface area contributed by atoms with Crippen LogP contribution in [0.1, 0.15) is 18.4 Å². The molecule has 0 spiro atoms. The lowest BCUT2D eigenvalue weighted by Gasteiger charge is -2.17. The molecule has 0 saturated heterocycles. The van der Waals surface area contributed by atoms with Gasteiger partial charge in [0, 0.05) is 5.41 Å². The minimum absolute atomic E-state index is 0.299. The van der Waals surface area contributed by atoms with Crippen molar-refractivity contribution in [2.75, 3.05) is 0 Å². The predicted octanol–water partition coefficient (Wildman–Crippen LogP) is 1.17. The molecular formula is C10H11FO2. The molecule has 1 fully saturated rings. The van der Waals surface area contributed by atoms with E-state index in [4.69, 9.17) is 10.2 Å². The van der Waals surface area contributed by atoms with E-state index >= 15 is 0 Å². The summed E-state index contributed by atoms with van der Waals surface area (Å²) in [6.45, 7) is 0. The molecule has 1 aliphatic carbocycles. The molecule has 0 atom stereocenters. The highest BCUT2D eigenvalue weighted by atomic mass is 19.1. The molecule has 0 heterocycles. The Bertz CT molecular complexity index is 301. The van der Waals surface area contributed by atoms with E-state index in [0.29, 0.717) is 0 Å². The molecule has 1 saturated carbocycles. The summed E-state index contributed by atoms with van der Waals surface area (Å²) in [6, 6.07) is 5.92. The quantitative estimate of drug-likeness (QED) is 0.674. The van der Waals surface area contributed by atoms with Gasteiger partial charge in [-0.1, -0.05) is 12.1 Å². The highest BCUT2D eigenvalue weighted by Gasteiger charge is 2.49. The number of hydrogen-bond acceptors (Lipinski definition) is 2. The lowest BCUT2D eigenvalue weighted by atomic mass is 9.95. The molecule has 2 nitrogen and oxygen atoms in total. The normalized spacial score (nSPS) is 19.1. The van der Waals surface area contributed by atoms with Crippen LogP contribution in [0.25, 0.3) is 0 Å². The van der Waals surface area contributed by atoms with Crippen LogP contribution < -0.4 is 0 Å². The van der Waals surface area contributed by atoms with E-state index in [-0.39, 0.29) is 5.82 Å². The van der Waals surface area contributed by atoms with E-state index < -0.39 is 11.7 Å². The van der Waals surface area contributed by atoms with E-state index in [1.54, 1.807) is 12.1 Å². The summed E-state index contributed by atoms with van der Waals surface area (Å²) >= 11 is 0. The third-order valence-electron chi connectivity index (χ3n) is 2.70. The molecule has 3 heteroatoms. The standard InChI is InChI=1S/C10H11FO2/c11-8-3-1-7(2-4-8)10(5-6-10)9(12)13/h1-4,9,12-13H,5-6H2. The van der Waals surface area contributed by atoms with Gasteiger partial charge < -0.3 is 10.2 Å². The summed E-state index contributed by atoms with van der Waals surface area (Å²) in [5.74, 6) is -0.299. The van der Waals surface area contributed by atoms with Gasteiger partial charge >= 0.3 is 0 Å². The van der Waals surface area contributed by atoms with Crippen LogP contribution >= 0.6 is 0 Å². The van der Waals surface area contributed by atoms with E-state index in [1.165, 1.54) is 12.1 Å². The molecule has 0 radical (unpaired) electrons. The molecule has 1 aliphatic rings. The largest absolute Gasteiger partial charge is 0.367 e. The van der Waals surface area contributed by atoms with Crippen LogP contribution in [0.5, 0.6) is 0 Å². The van der Waals surface area contributed by atoms with Gasteiger partial charge in [-0.2, -0.15) is 0 Å². The Kier molecular flexibility index (Phi) is 1.86. The molecular weight excluding hydrogens is 171 g/mol. The van der Waals surface area contributed by atoms with Gasteiger partial charge in [-0.05, 0) is 30.5 Å². The number of aliphatic hydroxyl groups excluding tert-OH is 1. The van der Waals surface area contributed by atoms with Crippen molar-refractivity contribution in [2.24, 2.45) is 0 Å². The van der Waals surface area contributed by atoms with E-state index in [9.17, 15) is 4.39 Å². The van der Waals surface area contributed by atoms with Crippen molar-refractivity contribution in [3.05, 3.63) is 35.6 Å². The molecule has 2 rings (SSSR count). The predicted molar refractivity (Wildman–Crippen MR) is 45.5 cm³/mol. The number of halogens is 1. The van der Waals surface area contributed by atoms with Crippen molar-refractivity contribution in [3.63, 3.8) is 0 Å². The molecule has 2 N–H and O–H groups in total. The van der Waals surface area contributed by atoms with Crippen LogP contribution in [0.3, 0.4) is 0 Å². The Morgan fingerprint density at radius 2 is 1.69 bits per heavy atom. The maximum Gasteiger partial charge on any atom is 0.161 e. The highest BCUT2D eigenvalue weighted by molar-refractivity contribution is 5.32. The second-order valence-electron chi connectivity index (χ2n) is 3.54. The second-order valence-corrected chi connectivity index (χ2v) is 3.54. The van der Waals surface area contributed by atoms with Crippen LogP contribution in [-0.2, 0) is 5.41 Å². The second kappa shape index (κ2) is 2.79. The molecule has 0 bridgehead atoms. The maximum atomic E-state index is 12.6. The lowest BCUT2D eigenvalue weighted by molar-refractivity contribution is -0.0694. The van der Waals surface area contributed by atoms with Crippen molar-refractivity contribution >= 4 is 0 Å². The van der Waals surface area contributed by atoms with Crippen molar-refractivity contribution in [1.29, 1.82) is 0 Å². The first-order valence-electron chi connectivity index (χ1n) is 4.27. The monoisotopic (exact) mass is 182 g/mol. The summed E-state index contributed by atoms with van der Waals surface area (Å²) < 4.78 is 12.6. The highest BCUT2D eigenvalue weighted by Crippen LogP contribution is 2.50. The smallest absolute Gasteiger partial charge is 0.161 e. The van der Waals surface area contributed by atoms with E-state index in [1.807, 2.05) is 0 Å². The fourth-order valence-corrected chi connectivity index (χ4v) is 1.61. The molecule has 0 unspecified atom stereocenters. The molecule has 13 heavy (non-hydrogen) atoms. The fraction of sp³-hybridized carbons (Fsp3) is 0.400. The Hall–Kier alpha value is -0.930. The Morgan fingerprint density at radius 1 is 1.15 bits per heavy atom. The van der Waals surface area contributed by atoms with Gasteiger partial charge in [0.15, 0.2) is 6.29 Å². The summed E-state index contributed by atoms with van der Waals surface area (Å²) in [4.78, 5) is 0. The Morgan fingerprint density at radius 3 is 2.08 bits per heavy atom. The van der Waals surface area contributed by atoms with Gasteiger partial charge in [0.05, 0.1) is 0 Å². The minimum Gasteiger partial charge on any atom is -0.367 e. The molecule has 0 aliphatic heterocycles. The number of rotatable bonds is 2. The van der Waals surface area contributed by atoms with Crippen LogP contribution in [0.2, 0.25) is 0 Å². The minimum atomic E-state index is -1.34. The number of aliphatic hydroxyl groups is 2. The van der Waals surface area contributed by atoms with Gasteiger partial charge in [0.1, 0.15) is 5.82 Å². The van der Waals surface area contributed by atoms with Gasteiger partial charge in [-0.25, -0.2) is 4.39 Å². The third-order valence-corrected chi connectivity index (χ3v) is 2.70. The first kappa shape index (κ1) is 8.66. The zero-order valence-electron chi connectivity index (χ0n) is 7.07. The topological polar surface area (TPSA) is 40.5 Å². The Labute approximate surface area is 75.6 Å². The number of benzene rings is 1. The van der Waals surface area contributed by atoms with Crippen LogP contribution in [0.4, 0.5) is 4.39 Å². The summed E-state index contributed by atoms with van der Waals surface area (Å²) in [5, 5.41) is 18.3. The fourth-order valence-electron chi connectivity index (χ4n) is 1.61. The van der Waals surface area contributed by atoms with Crippen LogP contribution in [0, 0.1) is 5.82 Å². The van der Waals surface area contributed by atoms with E-state index in [0.717, 1.165) is 18.4 Å². The summed E-state index contributed by atoms with van der Waals surface area (Å²) in [5.41, 5.74) is 0.289. The van der Waals surface area contributed by atoms with Crippen LogP contribution in [-0.4, -0.2) is 16.5 Å². The average Bonchev–Trinajstić information content (AvgIpc) is 2.86. The summed E-state index contributed by atoms with van der Waals surface area (Å²) in [6.07, 6.45) is 0.185. The zero-order valence-corrected chi connectivity index (χ0v) is 7.07. The number of hydrogen-bond donors (Lipinski definition) is 2. The molecule has 0 aromatic heterocycles. The Balaban J connectivity index is 2.31. The van der Waals surface area contributed by atoms with E-state index in [2.05, 4.69) is 0 Å². The molecule has 1 aromatic carbocycles. The third kappa shape index (κ3) is 1.34. The first-order valence-corrected chi connectivity index (χ1v) is 4.27. The maximum absolute atomic E-state index is 12.6. The van der Waals surface area contributed by atoms with Crippen molar-refractivity contribution < 1.29 is 14.6 Å². The van der Waals surface area contributed by atoms with Gasteiger partial charge in [0.2, 0.25) is 0 Å². The van der Waals surface area contributed by atoms with Crippen molar-refractivity contribution in [2.45, 2.75) is 24.5 Å². The first-order chi connectivity index (χ1) is 6.15. The van der Waals surface area contributed by atoms with Gasteiger partial charge in [0.25, 0.3) is 0 Å². The van der Waals surface area contributed by atoms with Gasteiger partial charge in [-0.15, -0.1) is 0 Å². The summed E-state index contributed by atoms with van der Waals surface area (Å²) in [7, 11) is 0. The zero-order chi connectivity index (χ0) is 9.47. The molecule has 0 amide bonds. The van der Waals surface area contributed by atoms with Crippen molar-refractivity contribution in [1.82, 2.24) is 0 Å². The molecule has 70 valence electrons. The SMILES string of the molecule is OC(O)C1(c2ccc(F)cc2)CC1.